The minimum absolute atomic E-state index is 0.891. The maximum atomic E-state index is 11.5. The standard InChI is InChI=1S/C4H5FO2/c1-2-3(5)4(6)7/h2H,1H3,(H,6,7). The molecule has 0 saturated carbocycles. The van der Waals surface area contributed by atoms with Gasteiger partial charge in [0.25, 0.3) is 0 Å². The van der Waals surface area contributed by atoms with Crippen molar-refractivity contribution in [3.8, 4) is 0 Å². The van der Waals surface area contributed by atoms with Crippen LogP contribution in [0.15, 0.2) is 11.9 Å². The molecule has 0 aliphatic heterocycles. The van der Waals surface area contributed by atoms with E-state index in [1.807, 2.05) is 0 Å². The van der Waals surface area contributed by atoms with Crippen molar-refractivity contribution in [2.24, 2.45) is 0 Å². The molecule has 1 N–H and O–H groups in total. The maximum Gasteiger partial charge on any atom is 0.364 e. The SMILES string of the molecule is CC=C(F)C(=O)O. The van der Waals surface area contributed by atoms with Crippen LogP contribution in [0.25, 0.3) is 0 Å². The Bertz CT molecular complexity index is 106. The highest BCUT2D eigenvalue weighted by atomic mass is 19.1. The van der Waals surface area contributed by atoms with Crippen LogP contribution in [0.2, 0.25) is 0 Å². The number of carboxylic acids is 1. The van der Waals surface area contributed by atoms with E-state index >= 15 is 0 Å². The van der Waals surface area contributed by atoms with Crippen molar-refractivity contribution in [2.45, 2.75) is 6.92 Å². The number of aliphatic carboxylic acids is 1. The van der Waals surface area contributed by atoms with Gasteiger partial charge in [-0.25, -0.2) is 4.79 Å². The Morgan fingerprint density at radius 2 is 2.29 bits per heavy atom. The summed E-state index contributed by atoms with van der Waals surface area (Å²) in [6.45, 7) is 1.32. The molecule has 0 aromatic rings. The summed E-state index contributed by atoms with van der Waals surface area (Å²) in [6, 6.07) is 0. The molecule has 0 radical (unpaired) electrons. The predicted octanol–water partition coefficient (Wildman–Crippen LogP) is 0.944. The molecule has 0 aliphatic carbocycles. The largest absolute Gasteiger partial charge is 0.476 e. The van der Waals surface area contributed by atoms with Crippen LogP contribution in [-0.4, -0.2) is 11.1 Å². The lowest BCUT2D eigenvalue weighted by Gasteiger charge is -1.79. The topological polar surface area (TPSA) is 37.3 Å². The van der Waals surface area contributed by atoms with E-state index < -0.39 is 11.8 Å². The normalized spacial score (nSPS) is 11.4. The lowest BCUT2D eigenvalue weighted by Crippen LogP contribution is -1.92. The minimum Gasteiger partial charge on any atom is -0.476 e. The van der Waals surface area contributed by atoms with Crippen LogP contribution in [-0.2, 0) is 4.79 Å². The van der Waals surface area contributed by atoms with Crippen molar-refractivity contribution in [3.05, 3.63) is 11.9 Å². The van der Waals surface area contributed by atoms with E-state index in [4.69, 9.17) is 5.11 Å². The molecule has 0 bridgehead atoms. The van der Waals surface area contributed by atoms with Crippen molar-refractivity contribution < 1.29 is 14.3 Å². The molecule has 2 nitrogen and oxygen atoms in total. The van der Waals surface area contributed by atoms with Gasteiger partial charge in [-0.05, 0) is 13.0 Å². The molecule has 0 fully saturated rings. The first kappa shape index (κ1) is 6.14. The third-order valence-electron chi connectivity index (χ3n) is 0.458. The fourth-order valence-electron chi connectivity index (χ4n) is 0.123. The van der Waals surface area contributed by atoms with Crippen molar-refractivity contribution >= 4 is 5.97 Å². The zero-order chi connectivity index (χ0) is 5.86. The molecular weight excluding hydrogens is 99.0 g/mol. The number of hydrogen-bond acceptors (Lipinski definition) is 1. The highest BCUT2D eigenvalue weighted by Gasteiger charge is 1.99. The average molecular weight is 104 g/mol. The first-order valence-electron chi connectivity index (χ1n) is 1.73. The lowest BCUT2D eigenvalue weighted by molar-refractivity contribution is -0.134. The van der Waals surface area contributed by atoms with Crippen LogP contribution >= 0.6 is 0 Å². The Morgan fingerprint density at radius 3 is 2.29 bits per heavy atom. The van der Waals surface area contributed by atoms with Gasteiger partial charge in [-0.15, -0.1) is 0 Å². The quantitative estimate of drug-likeness (QED) is 0.503. The zero-order valence-electron chi connectivity index (χ0n) is 3.81. The van der Waals surface area contributed by atoms with Gasteiger partial charge in [-0.1, -0.05) is 0 Å². The van der Waals surface area contributed by atoms with Gasteiger partial charge >= 0.3 is 5.97 Å². The van der Waals surface area contributed by atoms with Gasteiger partial charge in [-0.2, -0.15) is 4.39 Å². The number of allylic oxidation sites excluding steroid dienone is 1. The van der Waals surface area contributed by atoms with Crippen LogP contribution < -0.4 is 0 Å². The molecule has 0 spiro atoms. The van der Waals surface area contributed by atoms with Crippen LogP contribution in [0.5, 0.6) is 0 Å². The Hall–Kier alpha value is -0.860. The highest BCUT2D eigenvalue weighted by Crippen LogP contribution is 1.92. The Labute approximate surface area is 40.3 Å². The summed E-state index contributed by atoms with van der Waals surface area (Å²) in [6.07, 6.45) is 0.891. The summed E-state index contributed by atoms with van der Waals surface area (Å²) in [5.74, 6) is -2.62. The molecule has 7 heavy (non-hydrogen) atoms. The van der Waals surface area contributed by atoms with Crippen molar-refractivity contribution in [1.29, 1.82) is 0 Å². The lowest BCUT2D eigenvalue weighted by atomic mass is 10.5. The number of hydrogen-bond donors (Lipinski definition) is 1. The van der Waals surface area contributed by atoms with E-state index in [0.717, 1.165) is 6.08 Å². The zero-order valence-corrected chi connectivity index (χ0v) is 3.81. The van der Waals surface area contributed by atoms with E-state index in [0.29, 0.717) is 0 Å². The molecule has 0 aliphatic rings. The summed E-state index contributed by atoms with van der Waals surface area (Å²) in [5, 5.41) is 7.74. The monoisotopic (exact) mass is 104 g/mol. The molecule has 40 valence electrons. The fourth-order valence-corrected chi connectivity index (χ4v) is 0.123. The van der Waals surface area contributed by atoms with E-state index in [2.05, 4.69) is 0 Å². The molecule has 3 heteroatoms. The molecule has 0 unspecified atom stereocenters. The average Bonchev–Trinajstić information content (AvgIpc) is 1.65. The highest BCUT2D eigenvalue weighted by molar-refractivity contribution is 5.83. The Kier molecular flexibility index (Phi) is 2.05. The van der Waals surface area contributed by atoms with E-state index in [9.17, 15) is 9.18 Å². The van der Waals surface area contributed by atoms with Gasteiger partial charge in [0.2, 0.25) is 5.83 Å². The first-order chi connectivity index (χ1) is 3.18. The Balaban J connectivity index is 3.82. The third kappa shape index (κ3) is 1.92. The molecule has 0 saturated heterocycles. The summed E-state index contributed by atoms with van der Waals surface area (Å²) >= 11 is 0. The van der Waals surface area contributed by atoms with E-state index in [1.54, 1.807) is 0 Å². The third-order valence-corrected chi connectivity index (χ3v) is 0.458. The van der Waals surface area contributed by atoms with Crippen LogP contribution in [0.1, 0.15) is 6.92 Å². The molecule has 0 atom stereocenters. The van der Waals surface area contributed by atoms with E-state index in [-0.39, 0.29) is 0 Å². The van der Waals surface area contributed by atoms with Crippen molar-refractivity contribution in [2.75, 3.05) is 0 Å². The molecule has 0 amide bonds. The summed E-state index contributed by atoms with van der Waals surface area (Å²) in [5.41, 5.74) is 0. The van der Waals surface area contributed by atoms with Crippen LogP contribution in [0, 0.1) is 0 Å². The van der Waals surface area contributed by atoms with Gasteiger partial charge in [0.1, 0.15) is 0 Å². The molecule has 0 aromatic heterocycles. The van der Waals surface area contributed by atoms with Crippen LogP contribution in [0.4, 0.5) is 4.39 Å². The molecule has 0 rings (SSSR count). The van der Waals surface area contributed by atoms with Gasteiger partial charge < -0.3 is 5.11 Å². The number of rotatable bonds is 1. The molecule has 0 aromatic carbocycles. The second kappa shape index (κ2) is 2.34. The number of halogens is 1. The number of carboxylic acid groups (broad SMARTS) is 1. The summed E-state index contributed by atoms with van der Waals surface area (Å²) < 4.78 is 11.5. The predicted molar refractivity (Wildman–Crippen MR) is 22.5 cm³/mol. The Morgan fingerprint density at radius 1 is 1.86 bits per heavy atom. The summed E-state index contributed by atoms with van der Waals surface area (Å²) in [7, 11) is 0. The number of carbonyl (C=O) groups is 1. The minimum atomic E-state index is -1.51. The van der Waals surface area contributed by atoms with E-state index in [1.165, 1.54) is 6.92 Å². The summed E-state index contributed by atoms with van der Waals surface area (Å²) in [4.78, 5) is 9.49. The van der Waals surface area contributed by atoms with Gasteiger partial charge in [0.05, 0.1) is 0 Å². The second-order valence-corrected chi connectivity index (χ2v) is 0.942. The van der Waals surface area contributed by atoms with Gasteiger partial charge in [0, 0.05) is 0 Å². The van der Waals surface area contributed by atoms with Crippen molar-refractivity contribution in [1.82, 2.24) is 0 Å². The second-order valence-electron chi connectivity index (χ2n) is 0.942. The van der Waals surface area contributed by atoms with Gasteiger partial charge in [-0.3, -0.25) is 0 Å². The molecular formula is C4H5FO2. The smallest absolute Gasteiger partial charge is 0.364 e. The first-order valence-corrected chi connectivity index (χ1v) is 1.73. The molecule has 0 heterocycles. The van der Waals surface area contributed by atoms with Gasteiger partial charge in [0.15, 0.2) is 0 Å². The fraction of sp³-hybridized carbons (Fsp3) is 0.250. The van der Waals surface area contributed by atoms with Crippen molar-refractivity contribution in [3.63, 3.8) is 0 Å². The maximum absolute atomic E-state index is 11.5. The van der Waals surface area contributed by atoms with Crippen LogP contribution in [0.3, 0.4) is 0 Å².